The van der Waals surface area contributed by atoms with Crippen molar-refractivity contribution in [1.82, 2.24) is 10.2 Å². The first kappa shape index (κ1) is 13.8. The van der Waals surface area contributed by atoms with E-state index in [1.54, 1.807) is 0 Å². The van der Waals surface area contributed by atoms with E-state index in [0.29, 0.717) is 19.6 Å². The van der Waals surface area contributed by atoms with Gasteiger partial charge in [-0.25, -0.2) is 4.39 Å². The lowest BCUT2D eigenvalue weighted by Gasteiger charge is -2.34. The van der Waals surface area contributed by atoms with Crippen LogP contribution in [0.1, 0.15) is 10.4 Å². The summed E-state index contributed by atoms with van der Waals surface area (Å²) in [6.07, 6.45) is 0. The summed E-state index contributed by atoms with van der Waals surface area (Å²) >= 11 is 5.57. The highest BCUT2D eigenvalue weighted by atomic mass is 35.5. The van der Waals surface area contributed by atoms with Gasteiger partial charge in [0.2, 0.25) is 5.91 Å². The monoisotopic (exact) mass is 285 g/mol. The van der Waals surface area contributed by atoms with Crippen LogP contribution in [0.25, 0.3) is 0 Å². The van der Waals surface area contributed by atoms with Crippen LogP contribution in [-0.2, 0) is 4.79 Å². The molecule has 0 saturated carbocycles. The van der Waals surface area contributed by atoms with Gasteiger partial charge >= 0.3 is 0 Å². The van der Waals surface area contributed by atoms with Crippen LogP contribution in [0.4, 0.5) is 4.39 Å². The number of primary amides is 1. The first-order valence-electron chi connectivity index (χ1n) is 5.76. The van der Waals surface area contributed by atoms with Gasteiger partial charge in [-0.05, 0) is 18.2 Å². The molecule has 0 aliphatic carbocycles. The highest BCUT2D eigenvalue weighted by Crippen LogP contribution is 2.18. The molecule has 1 saturated heterocycles. The molecule has 1 aromatic rings. The molecule has 102 valence electrons. The van der Waals surface area contributed by atoms with Crippen molar-refractivity contribution in [2.45, 2.75) is 6.04 Å². The van der Waals surface area contributed by atoms with Crippen LogP contribution in [0.3, 0.4) is 0 Å². The molecular weight excluding hydrogens is 273 g/mol. The Morgan fingerprint density at radius 1 is 1.47 bits per heavy atom. The molecule has 1 heterocycles. The lowest BCUT2D eigenvalue weighted by atomic mass is 10.1. The van der Waals surface area contributed by atoms with Crippen LogP contribution in [0.2, 0.25) is 5.02 Å². The number of amides is 2. The molecule has 2 amide bonds. The average molecular weight is 286 g/mol. The quantitative estimate of drug-likeness (QED) is 0.825. The Morgan fingerprint density at radius 3 is 2.84 bits per heavy atom. The number of hydrogen-bond acceptors (Lipinski definition) is 3. The third-order valence-electron chi connectivity index (χ3n) is 3.00. The largest absolute Gasteiger partial charge is 0.368 e. The fourth-order valence-electron chi connectivity index (χ4n) is 2.00. The number of piperazine rings is 1. The number of carbonyl (C=O) groups excluding carboxylic acids is 2. The van der Waals surface area contributed by atoms with Crippen LogP contribution < -0.4 is 11.1 Å². The molecule has 1 aliphatic heterocycles. The Kier molecular flexibility index (Phi) is 4.01. The number of nitrogens with one attached hydrogen (secondary N) is 1. The maximum atomic E-state index is 13.4. The molecule has 3 N–H and O–H groups in total. The Morgan fingerprint density at radius 2 is 2.21 bits per heavy atom. The zero-order valence-corrected chi connectivity index (χ0v) is 10.8. The minimum Gasteiger partial charge on any atom is -0.368 e. The summed E-state index contributed by atoms with van der Waals surface area (Å²) in [6, 6.07) is 3.07. The maximum absolute atomic E-state index is 13.4. The van der Waals surface area contributed by atoms with E-state index >= 15 is 0 Å². The number of rotatable bonds is 2. The van der Waals surface area contributed by atoms with Gasteiger partial charge in [-0.1, -0.05) is 11.6 Å². The van der Waals surface area contributed by atoms with E-state index < -0.39 is 23.7 Å². The molecule has 2 rings (SSSR count). The van der Waals surface area contributed by atoms with Gasteiger partial charge in [-0.15, -0.1) is 0 Å². The molecule has 1 aliphatic rings. The summed E-state index contributed by atoms with van der Waals surface area (Å²) in [5.74, 6) is -1.69. The molecule has 0 aromatic heterocycles. The standard InChI is InChI=1S/C12H13ClFN3O2/c13-8-2-1-7(5-9(8)14)12(19)17-4-3-16-6-10(17)11(15)18/h1-2,5,10,16H,3-4,6H2,(H2,15,18). The highest BCUT2D eigenvalue weighted by Gasteiger charge is 2.31. The van der Waals surface area contributed by atoms with E-state index in [1.807, 2.05) is 0 Å². The molecular formula is C12H13ClFN3O2. The van der Waals surface area contributed by atoms with Crippen LogP contribution in [0.5, 0.6) is 0 Å². The van der Waals surface area contributed by atoms with E-state index in [9.17, 15) is 14.0 Å². The lowest BCUT2D eigenvalue weighted by Crippen LogP contribution is -2.58. The molecule has 1 unspecified atom stereocenters. The molecule has 19 heavy (non-hydrogen) atoms. The smallest absolute Gasteiger partial charge is 0.254 e. The number of nitrogens with two attached hydrogens (primary N) is 1. The second kappa shape index (κ2) is 5.54. The number of carbonyl (C=O) groups is 2. The second-order valence-electron chi connectivity index (χ2n) is 4.25. The third-order valence-corrected chi connectivity index (χ3v) is 3.31. The van der Waals surface area contributed by atoms with E-state index in [-0.39, 0.29) is 10.6 Å². The van der Waals surface area contributed by atoms with Gasteiger partial charge in [0, 0.05) is 25.2 Å². The average Bonchev–Trinajstić information content (AvgIpc) is 2.41. The summed E-state index contributed by atoms with van der Waals surface area (Å²) in [6.45, 7) is 1.21. The van der Waals surface area contributed by atoms with E-state index in [0.717, 1.165) is 6.07 Å². The van der Waals surface area contributed by atoms with Gasteiger partial charge in [-0.3, -0.25) is 9.59 Å². The Hall–Kier alpha value is -1.66. The van der Waals surface area contributed by atoms with E-state index in [2.05, 4.69) is 5.32 Å². The number of hydrogen-bond donors (Lipinski definition) is 2. The van der Waals surface area contributed by atoms with Crippen LogP contribution >= 0.6 is 11.6 Å². The van der Waals surface area contributed by atoms with Crippen molar-refractivity contribution in [2.75, 3.05) is 19.6 Å². The van der Waals surface area contributed by atoms with Crippen molar-refractivity contribution in [3.05, 3.63) is 34.6 Å². The number of benzene rings is 1. The number of halogens is 2. The predicted octanol–water partition coefficient (Wildman–Crippen LogP) is 0.378. The van der Waals surface area contributed by atoms with Crippen molar-refractivity contribution in [2.24, 2.45) is 5.73 Å². The highest BCUT2D eigenvalue weighted by molar-refractivity contribution is 6.30. The van der Waals surface area contributed by atoms with E-state index in [1.165, 1.54) is 17.0 Å². The predicted molar refractivity (Wildman–Crippen MR) is 68.3 cm³/mol. The summed E-state index contributed by atoms with van der Waals surface area (Å²) < 4.78 is 13.4. The normalized spacial score (nSPS) is 19.3. The van der Waals surface area contributed by atoms with Gasteiger partial charge in [0.15, 0.2) is 0 Å². The summed E-state index contributed by atoms with van der Waals surface area (Å²) in [5, 5.41) is 2.93. The minimum absolute atomic E-state index is 0.0525. The Bertz CT molecular complexity index is 524. The molecule has 0 bridgehead atoms. The zero-order chi connectivity index (χ0) is 14.0. The summed E-state index contributed by atoms with van der Waals surface area (Å²) in [7, 11) is 0. The topological polar surface area (TPSA) is 75.4 Å². The molecule has 0 radical (unpaired) electrons. The Balaban J connectivity index is 2.26. The van der Waals surface area contributed by atoms with Crippen LogP contribution in [0, 0.1) is 5.82 Å². The minimum atomic E-state index is -0.722. The molecule has 0 spiro atoms. The van der Waals surface area contributed by atoms with Crippen molar-refractivity contribution in [3.63, 3.8) is 0 Å². The molecule has 1 atom stereocenters. The molecule has 5 nitrogen and oxygen atoms in total. The SMILES string of the molecule is NC(=O)C1CNCCN1C(=O)c1ccc(Cl)c(F)c1. The zero-order valence-electron chi connectivity index (χ0n) is 10.0. The van der Waals surface area contributed by atoms with Gasteiger partial charge < -0.3 is 16.0 Å². The molecule has 1 fully saturated rings. The van der Waals surface area contributed by atoms with Crippen LogP contribution in [0.15, 0.2) is 18.2 Å². The van der Waals surface area contributed by atoms with Crippen molar-refractivity contribution >= 4 is 23.4 Å². The van der Waals surface area contributed by atoms with Crippen molar-refractivity contribution in [3.8, 4) is 0 Å². The Labute approximate surface area is 114 Å². The summed E-state index contributed by atoms with van der Waals surface area (Å²) in [5.41, 5.74) is 5.41. The third kappa shape index (κ3) is 2.85. The maximum Gasteiger partial charge on any atom is 0.254 e. The summed E-state index contributed by atoms with van der Waals surface area (Å²) in [4.78, 5) is 24.9. The number of nitrogens with zero attached hydrogens (tertiary/aromatic N) is 1. The van der Waals surface area contributed by atoms with Gasteiger partial charge in [0.1, 0.15) is 11.9 Å². The van der Waals surface area contributed by atoms with Crippen LogP contribution in [-0.4, -0.2) is 42.4 Å². The van der Waals surface area contributed by atoms with Crippen molar-refractivity contribution < 1.29 is 14.0 Å². The van der Waals surface area contributed by atoms with E-state index in [4.69, 9.17) is 17.3 Å². The molecule has 1 aromatic carbocycles. The van der Waals surface area contributed by atoms with Crippen molar-refractivity contribution in [1.29, 1.82) is 0 Å². The van der Waals surface area contributed by atoms with Gasteiger partial charge in [0.25, 0.3) is 5.91 Å². The van der Waals surface area contributed by atoms with Gasteiger partial charge in [0.05, 0.1) is 5.02 Å². The first-order valence-corrected chi connectivity index (χ1v) is 6.14. The van der Waals surface area contributed by atoms with Gasteiger partial charge in [-0.2, -0.15) is 0 Å². The fraction of sp³-hybridized carbons (Fsp3) is 0.333. The second-order valence-corrected chi connectivity index (χ2v) is 4.66. The molecule has 7 heteroatoms. The first-order chi connectivity index (χ1) is 9.00. The fourth-order valence-corrected chi connectivity index (χ4v) is 2.11. The lowest BCUT2D eigenvalue weighted by molar-refractivity contribution is -0.122.